The Morgan fingerprint density at radius 3 is 2.60 bits per heavy atom. The minimum atomic E-state index is 0.113. The van der Waals surface area contributed by atoms with Crippen LogP contribution in [0.5, 0.6) is 0 Å². The highest BCUT2D eigenvalue weighted by Gasteiger charge is 2.30. The lowest BCUT2D eigenvalue weighted by atomic mass is 10.1. The van der Waals surface area contributed by atoms with Crippen LogP contribution in [0.4, 0.5) is 0 Å². The highest BCUT2D eigenvalue weighted by Crippen LogP contribution is 2.23. The number of fused-ring (bicyclic) bond motifs is 1. The first kappa shape index (κ1) is 10.2. The fraction of sp³-hybridized carbons (Fsp3) is 0.417. The van der Waals surface area contributed by atoms with Crippen molar-refractivity contribution in [2.24, 2.45) is 0 Å². The monoisotopic (exact) mass is 204 g/mol. The van der Waals surface area contributed by atoms with E-state index in [9.17, 15) is 4.79 Å². The van der Waals surface area contributed by atoms with Gasteiger partial charge in [0, 0.05) is 18.7 Å². The lowest BCUT2D eigenvalue weighted by Crippen LogP contribution is -2.43. The minimum Gasteiger partial charge on any atom is -0.268 e. The van der Waals surface area contributed by atoms with E-state index in [1.54, 1.807) is 5.01 Å². The van der Waals surface area contributed by atoms with Crippen LogP contribution in [0.2, 0.25) is 0 Å². The summed E-state index contributed by atoms with van der Waals surface area (Å²) < 4.78 is 0. The molecule has 1 aliphatic rings. The van der Waals surface area contributed by atoms with Crippen molar-refractivity contribution in [2.75, 3.05) is 7.05 Å². The average Bonchev–Trinajstić information content (AvgIpc) is 2.56. The maximum Gasteiger partial charge on any atom is 0.268 e. The van der Waals surface area contributed by atoms with Gasteiger partial charge in [-0.1, -0.05) is 18.2 Å². The van der Waals surface area contributed by atoms with Crippen molar-refractivity contribution in [1.82, 2.24) is 10.0 Å². The lowest BCUT2D eigenvalue weighted by Gasteiger charge is -2.31. The number of hydrogen-bond donors (Lipinski definition) is 0. The molecule has 2 rings (SSSR count). The Bertz CT molecular complexity index is 387. The fourth-order valence-electron chi connectivity index (χ4n) is 1.77. The topological polar surface area (TPSA) is 23.6 Å². The Morgan fingerprint density at radius 1 is 1.33 bits per heavy atom. The first-order valence-corrected chi connectivity index (χ1v) is 5.23. The largest absolute Gasteiger partial charge is 0.268 e. The van der Waals surface area contributed by atoms with Crippen LogP contribution in [0.15, 0.2) is 24.3 Å². The standard InChI is InChI=1S/C12H16N2O/c1-9(2)13(3)14-8-10-6-4-5-7-11(10)12(14)15/h4-7,9H,8H2,1-3H3. The smallest absolute Gasteiger partial charge is 0.268 e. The van der Waals surface area contributed by atoms with Gasteiger partial charge in [-0.15, -0.1) is 0 Å². The third-order valence-corrected chi connectivity index (χ3v) is 2.93. The van der Waals surface area contributed by atoms with Gasteiger partial charge in [0.05, 0.1) is 6.54 Å². The van der Waals surface area contributed by atoms with E-state index in [4.69, 9.17) is 0 Å². The van der Waals surface area contributed by atoms with Gasteiger partial charge in [0.15, 0.2) is 0 Å². The number of rotatable bonds is 2. The summed E-state index contributed by atoms with van der Waals surface area (Å²) in [5.41, 5.74) is 1.96. The fourth-order valence-corrected chi connectivity index (χ4v) is 1.77. The van der Waals surface area contributed by atoms with E-state index in [1.807, 2.05) is 36.3 Å². The van der Waals surface area contributed by atoms with Crippen LogP contribution >= 0.6 is 0 Å². The summed E-state index contributed by atoms with van der Waals surface area (Å²) >= 11 is 0. The summed E-state index contributed by atoms with van der Waals surface area (Å²) in [4.78, 5) is 12.0. The summed E-state index contributed by atoms with van der Waals surface area (Å²) in [6.07, 6.45) is 0. The first-order valence-electron chi connectivity index (χ1n) is 5.23. The molecule has 15 heavy (non-hydrogen) atoms. The van der Waals surface area contributed by atoms with Crippen LogP contribution in [0, 0.1) is 0 Å². The second-order valence-electron chi connectivity index (χ2n) is 4.19. The zero-order valence-corrected chi connectivity index (χ0v) is 9.40. The van der Waals surface area contributed by atoms with Gasteiger partial charge < -0.3 is 0 Å². The third-order valence-electron chi connectivity index (χ3n) is 2.93. The summed E-state index contributed by atoms with van der Waals surface area (Å²) in [6.45, 7) is 4.86. The van der Waals surface area contributed by atoms with Crippen molar-refractivity contribution < 1.29 is 4.79 Å². The van der Waals surface area contributed by atoms with Crippen molar-refractivity contribution in [1.29, 1.82) is 0 Å². The Morgan fingerprint density at radius 2 is 2.00 bits per heavy atom. The highest BCUT2D eigenvalue weighted by atomic mass is 16.2. The van der Waals surface area contributed by atoms with Gasteiger partial charge in [-0.25, -0.2) is 5.01 Å². The van der Waals surface area contributed by atoms with Gasteiger partial charge in [-0.2, -0.15) is 0 Å². The molecule has 0 spiro atoms. The van der Waals surface area contributed by atoms with E-state index in [0.717, 1.165) is 11.1 Å². The Labute approximate surface area is 90.3 Å². The Balaban J connectivity index is 2.27. The Kier molecular flexibility index (Phi) is 2.49. The van der Waals surface area contributed by atoms with E-state index < -0.39 is 0 Å². The highest BCUT2D eigenvalue weighted by molar-refractivity contribution is 5.97. The van der Waals surface area contributed by atoms with E-state index in [2.05, 4.69) is 13.8 Å². The van der Waals surface area contributed by atoms with E-state index in [0.29, 0.717) is 12.6 Å². The number of benzene rings is 1. The van der Waals surface area contributed by atoms with Crippen LogP contribution in [0.3, 0.4) is 0 Å². The second kappa shape index (κ2) is 3.66. The molecule has 0 saturated carbocycles. The van der Waals surface area contributed by atoms with Crippen LogP contribution in [-0.4, -0.2) is 29.0 Å². The molecule has 1 aliphatic heterocycles. The third kappa shape index (κ3) is 1.63. The van der Waals surface area contributed by atoms with Crippen molar-refractivity contribution in [3.63, 3.8) is 0 Å². The van der Waals surface area contributed by atoms with Gasteiger partial charge in [-0.05, 0) is 25.5 Å². The summed E-state index contributed by atoms with van der Waals surface area (Å²) in [7, 11) is 1.95. The number of carbonyl (C=O) groups excluding carboxylic acids is 1. The van der Waals surface area contributed by atoms with E-state index in [-0.39, 0.29) is 5.91 Å². The van der Waals surface area contributed by atoms with Crippen molar-refractivity contribution >= 4 is 5.91 Å². The molecule has 0 unspecified atom stereocenters. The molecule has 0 aromatic heterocycles. The van der Waals surface area contributed by atoms with E-state index >= 15 is 0 Å². The lowest BCUT2D eigenvalue weighted by molar-refractivity contribution is -0.0103. The predicted octanol–water partition coefficient (Wildman–Crippen LogP) is 1.90. The summed E-state index contributed by atoms with van der Waals surface area (Å²) in [6, 6.07) is 8.14. The first-order chi connectivity index (χ1) is 7.11. The molecule has 1 aromatic carbocycles. The number of nitrogens with zero attached hydrogens (tertiary/aromatic N) is 2. The van der Waals surface area contributed by atoms with Gasteiger partial charge in [-0.3, -0.25) is 9.80 Å². The molecule has 0 aliphatic carbocycles. The van der Waals surface area contributed by atoms with Crippen LogP contribution in [-0.2, 0) is 6.54 Å². The van der Waals surface area contributed by atoms with Crippen molar-refractivity contribution in [2.45, 2.75) is 26.4 Å². The van der Waals surface area contributed by atoms with Crippen LogP contribution in [0.1, 0.15) is 29.8 Å². The van der Waals surface area contributed by atoms with Crippen LogP contribution < -0.4 is 0 Å². The average molecular weight is 204 g/mol. The molecule has 0 radical (unpaired) electrons. The number of hydrazine groups is 1. The normalized spacial score (nSPS) is 15.3. The molecule has 0 atom stereocenters. The molecule has 0 fully saturated rings. The molecular formula is C12H16N2O. The van der Waals surface area contributed by atoms with Gasteiger partial charge in [0.2, 0.25) is 0 Å². The van der Waals surface area contributed by atoms with E-state index in [1.165, 1.54) is 0 Å². The van der Waals surface area contributed by atoms with Crippen molar-refractivity contribution in [3.8, 4) is 0 Å². The van der Waals surface area contributed by atoms with Gasteiger partial charge >= 0.3 is 0 Å². The Hall–Kier alpha value is -1.35. The zero-order valence-electron chi connectivity index (χ0n) is 9.40. The molecule has 1 heterocycles. The molecule has 1 amide bonds. The van der Waals surface area contributed by atoms with Crippen molar-refractivity contribution in [3.05, 3.63) is 35.4 Å². The maximum absolute atomic E-state index is 12.0. The minimum absolute atomic E-state index is 0.113. The van der Waals surface area contributed by atoms with Gasteiger partial charge in [0.1, 0.15) is 0 Å². The number of carbonyl (C=O) groups is 1. The zero-order chi connectivity index (χ0) is 11.0. The maximum atomic E-state index is 12.0. The second-order valence-corrected chi connectivity index (χ2v) is 4.19. The predicted molar refractivity (Wildman–Crippen MR) is 59.2 cm³/mol. The molecular weight excluding hydrogens is 188 g/mol. The van der Waals surface area contributed by atoms with Crippen LogP contribution in [0.25, 0.3) is 0 Å². The number of amides is 1. The quantitative estimate of drug-likeness (QED) is 0.734. The summed E-state index contributed by atoms with van der Waals surface area (Å²) in [5.74, 6) is 0.113. The molecule has 1 aromatic rings. The molecule has 0 bridgehead atoms. The molecule has 3 nitrogen and oxygen atoms in total. The number of hydrogen-bond acceptors (Lipinski definition) is 2. The molecule has 80 valence electrons. The summed E-state index contributed by atoms with van der Waals surface area (Å²) in [5, 5.41) is 3.79. The molecule has 3 heteroatoms. The SMILES string of the molecule is CC(C)N(C)N1Cc2ccccc2C1=O. The van der Waals surface area contributed by atoms with Gasteiger partial charge in [0.25, 0.3) is 5.91 Å². The molecule has 0 saturated heterocycles. The molecule has 0 N–H and O–H groups in total.